The summed E-state index contributed by atoms with van der Waals surface area (Å²) < 4.78 is 0. The minimum absolute atomic E-state index is 0.0539. The first-order chi connectivity index (χ1) is 14.8. The van der Waals surface area contributed by atoms with Crippen LogP contribution in [-0.4, -0.2) is 30.0 Å². The van der Waals surface area contributed by atoms with Gasteiger partial charge in [-0.3, -0.25) is 10.1 Å². The van der Waals surface area contributed by atoms with Crippen molar-refractivity contribution in [3.8, 4) is 0 Å². The van der Waals surface area contributed by atoms with Crippen molar-refractivity contribution in [2.75, 3.05) is 0 Å². The molecule has 31 heavy (non-hydrogen) atoms. The van der Waals surface area contributed by atoms with E-state index in [9.17, 15) is 15.2 Å². The van der Waals surface area contributed by atoms with Crippen LogP contribution >= 0.6 is 0 Å². The highest BCUT2D eigenvalue weighted by molar-refractivity contribution is 6.15. The van der Waals surface area contributed by atoms with Gasteiger partial charge in [-0.25, -0.2) is 0 Å². The highest BCUT2D eigenvalue weighted by Crippen LogP contribution is 2.50. The van der Waals surface area contributed by atoms with Crippen molar-refractivity contribution in [2.24, 2.45) is 5.41 Å². The molecular weight excluding hydrogens is 385 g/mol. The van der Waals surface area contributed by atoms with Gasteiger partial charge in [-0.1, -0.05) is 117 Å². The lowest BCUT2D eigenvalue weighted by atomic mass is 9.52. The molecule has 182 valence electrons. The van der Waals surface area contributed by atoms with Crippen LogP contribution < -0.4 is 0 Å². The lowest BCUT2D eigenvalue weighted by molar-refractivity contribution is -0.528. The zero-order valence-electron chi connectivity index (χ0n) is 21.3. The number of hydrogen-bond donors (Lipinski definition) is 1. The Kier molecular flexibility index (Phi) is 14.0. The predicted molar refractivity (Wildman–Crippen MR) is 135 cm³/mol. The summed E-state index contributed by atoms with van der Waals surface area (Å²) in [6, 6.07) is -0.515. The van der Waals surface area contributed by atoms with E-state index >= 15 is 0 Å². The summed E-state index contributed by atoms with van der Waals surface area (Å²) in [7, 11) is 2.26. The molecule has 1 N–H and O–H groups in total. The number of unbranched alkanes of at least 4 members (excludes halogenated alkanes) is 5. The molecule has 0 aromatic rings. The highest BCUT2D eigenvalue weighted by atomic mass is 16.6. The van der Waals surface area contributed by atoms with E-state index in [1.807, 2.05) is 0 Å². The zero-order chi connectivity index (χ0) is 23.2. The molecular formula is C26H52BNO3. The van der Waals surface area contributed by atoms with Gasteiger partial charge in [-0.2, -0.15) is 0 Å². The molecule has 0 radical (unpaired) electrons. The molecule has 0 heterocycles. The smallest absolute Gasteiger partial charge is 0.213 e. The van der Waals surface area contributed by atoms with Gasteiger partial charge in [0.2, 0.25) is 6.04 Å². The topological polar surface area (TPSA) is 63.4 Å². The first kappa shape index (κ1) is 28.5. The van der Waals surface area contributed by atoms with Crippen LogP contribution in [0.25, 0.3) is 0 Å². The number of nitrogens with zero attached hydrogens (tertiary/aromatic N) is 1. The van der Waals surface area contributed by atoms with E-state index < -0.39 is 12.1 Å². The van der Waals surface area contributed by atoms with E-state index in [-0.39, 0.29) is 15.7 Å². The monoisotopic (exact) mass is 437 g/mol. The molecule has 0 amide bonds. The number of aliphatic hydroxyl groups excluding tert-OH is 1. The van der Waals surface area contributed by atoms with Gasteiger partial charge in [0, 0.05) is 17.8 Å². The maximum Gasteiger partial charge on any atom is 0.213 e. The van der Waals surface area contributed by atoms with Gasteiger partial charge in [0.1, 0.15) is 7.85 Å². The molecule has 1 fully saturated rings. The van der Waals surface area contributed by atoms with Crippen molar-refractivity contribution in [1.29, 1.82) is 0 Å². The summed E-state index contributed by atoms with van der Waals surface area (Å²) in [5.74, 6) is 0. The fraction of sp³-hybridized carbons (Fsp3) is 1.00. The third-order valence-corrected chi connectivity index (χ3v) is 8.03. The second-order valence-corrected chi connectivity index (χ2v) is 11.1. The van der Waals surface area contributed by atoms with Gasteiger partial charge >= 0.3 is 0 Å². The Hall–Kier alpha value is -0.575. The molecule has 1 aliphatic rings. The maximum atomic E-state index is 11.9. The third-order valence-electron chi connectivity index (χ3n) is 8.03. The first-order valence-corrected chi connectivity index (χ1v) is 13.6. The molecule has 0 aliphatic heterocycles. The molecule has 0 aromatic carbocycles. The van der Waals surface area contributed by atoms with E-state index in [0.717, 1.165) is 51.4 Å². The largest absolute Gasteiger partial charge is 0.393 e. The van der Waals surface area contributed by atoms with Crippen molar-refractivity contribution in [2.45, 2.75) is 160 Å². The van der Waals surface area contributed by atoms with Crippen LogP contribution in [0.4, 0.5) is 0 Å². The van der Waals surface area contributed by atoms with Crippen molar-refractivity contribution >= 4 is 7.85 Å². The molecule has 1 saturated carbocycles. The second-order valence-electron chi connectivity index (χ2n) is 11.1. The molecule has 1 aliphatic carbocycles. The number of nitro groups is 1. The average Bonchev–Trinajstić information content (AvgIpc) is 2.72. The van der Waals surface area contributed by atoms with Crippen LogP contribution in [0.3, 0.4) is 0 Å². The van der Waals surface area contributed by atoms with E-state index in [1.165, 1.54) is 57.8 Å². The van der Waals surface area contributed by atoms with Crippen molar-refractivity contribution in [1.82, 2.24) is 0 Å². The summed E-state index contributed by atoms with van der Waals surface area (Å²) in [5, 5.41) is 23.5. The summed E-state index contributed by atoms with van der Waals surface area (Å²) >= 11 is 0. The van der Waals surface area contributed by atoms with Gasteiger partial charge in [0.15, 0.2) is 0 Å². The van der Waals surface area contributed by atoms with Crippen LogP contribution in [0.1, 0.15) is 143 Å². The van der Waals surface area contributed by atoms with Gasteiger partial charge < -0.3 is 5.11 Å². The number of aliphatic hydroxyl groups is 1. The first-order valence-electron chi connectivity index (χ1n) is 13.6. The molecule has 4 unspecified atom stereocenters. The van der Waals surface area contributed by atoms with E-state index in [2.05, 4.69) is 28.6 Å². The molecule has 4 atom stereocenters. The molecule has 0 aromatic heterocycles. The van der Waals surface area contributed by atoms with Crippen molar-refractivity contribution in [3.05, 3.63) is 10.1 Å². The SMILES string of the molecule is BC(CCC)(CCCCCCCC)C(O)C1(C)CCCCCCCCCC([N+](=O)[O-])C1. The fourth-order valence-corrected chi connectivity index (χ4v) is 6.08. The third kappa shape index (κ3) is 10.3. The minimum Gasteiger partial charge on any atom is -0.393 e. The van der Waals surface area contributed by atoms with Crippen LogP contribution in [0.15, 0.2) is 0 Å². The summed E-state index contributed by atoms with van der Waals surface area (Å²) in [4.78, 5) is 11.8. The Balaban J connectivity index is 2.94. The quantitative estimate of drug-likeness (QED) is 0.151. The van der Waals surface area contributed by atoms with Gasteiger partial charge in [0.05, 0.1) is 6.10 Å². The van der Waals surface area contributed by atoms with Gasteiger partial charge in [-0.05, 0) is 23.6 Å². The highest BCUT2D eigenvalue weighted by Gasteiger charge is 2.46. The predicted octanol–water partition coefficient (Wildman–Crippen LogP) is 7.26. The fourth-order valence-electron chi connectivity index (χ4n) is 6.08. The van der Waals surface area contributed by atoms with E-state index in [1.54, 1.807) is 0 Å². The lowest BCUT2D eigenvalue weighted by Gasteiger charge is -2.46. The molecule has 0 spiro atoms. The zero-order valence-corrected chi connectivity index (χ0v) is 21.3. The Morgan fingerprint density at radius 2 is 1.55 bits per heavy atom. The van der Waals surface area contributed by atoms with Crippen LogP contribution in [0.2, 0.25) is 5.31 Å². The Bertz CT molecular complexity index is 489. The lowest BCUT2D eigenvalue weighted by Crippen LogP contribution is -2.45. The molecule has 5 heteroatoms. The summed E-state index contributed by atoms with van der Waals surface area (Å²) in [5.41, 5.74) is -0.372. The van der Waals surface area contributed by atoms with Crippen molar-refractivity contribution in [3.63, 3.8) is 0 Å². The van der Waals surface area contributed by atoms with Crippen LogP contribution in [0.5, 0.6) is 0 Å². The van der Waals surface area contributed by atoms with E-state index in [4.69, 9.17) is 0 Å². The number of hydrogen-bond acceptors (Lipinski definition) is 3. The maximum absolute atomic E-state index is 11.9. The Morgan fingerprint density at radius 3 is 2.16 bits per heavy atom. The van der Waals surface area contributed by atoms with Gasteiger partial charge in [0.25, 0.3) is 0 Å². The Morgan fingerprint density at radius 1 is 0.968 bits per heavy atom. The minimum atomic E-state index is -0.515. The average molecular weight is 438 g/mol. The summed E-state index contributed by atoms with van der Waals surface area (Å²) in [6.45, 7) is 6.61. The van der Waals surface area contributed by atoms with E-state index in [0.29, 0.717) is 12.8 Å². The second kappa shape index (κ2) is 15.3. The molecule has 1 rings (SSSR count). The molecule has 4 nitrogen and oxygen atoms in total. The normalized spacial score (nSPS) is 26.9. The van der Waals surface area contributed by atoms with Crippen molar-refractivity contribution < 1.29 is 10.0 Å². The Labute approximate surface area is 193 Å². The van der Waals surface area contributed by atoms with Crippen LogP contribution in [0, 0.1) is 15.5 Å². The standard InChI is InChI=1S/C26H52BNO3/c1-4-6-7-8-14-17-21-26(27,19-5-2)24(29)25(3)20-16-13-11-9-10-12-15-18-23(22-25)28(30)31/h23-24,29H,4-22,27H2,1-3H3. The van der Waals surface area contributed by atoms with Gasteiger partial charge in [-0.15, -0.1) is 0 Å². The molecule has 0 saturated heterocycles. The summed E-state index contributed by atoms with van der Waals surface area (Å²) in [6.07, 6.45) is 20.3. The number of rotatable bonds is 12. The van der Waals surface area contributed by atoms with Crippen LogP contribution in [-0.2, 0) is 0 Å². The molecule has 0 bridgehead atoms.